The molecule has 0 aromatic heterocycles. The van der Waals surface area contributed by atoms with Crippen molar-refractivity contribution >= 4 is 23.5 Å². The van der Waals surface area contributed by atoms with Gasteiger partial charge in [-0.2, -0.15) is 0 Å². The van der Waals surface area contributed by atoms with Crippen molar-refractivity contribution in [2.75, 3.05) is 25.6 Å². The molecule has 0 saturated heterocycles. The lowest BCUT2D eigenvalue weighted by molar-refractivity contribution is -0.146. The molecule has 1 aromatic rings. The van der Waals surface area contributed by atoms with Crippen molar-refractivity contribution in [3.05, 3.63) is 29.3 Å². The maximum Gasteiger partial charge on any atom is 0.313 e. The lowest BCUT2D eigenvalue weighted by atomic mass is 9.76. The monoisotopic (exact) mass is 376 g/mol. The average Bonchev–Trinajstić information content (AvgIpc) is 2.81. The molecule has 1 aromatic carbocycles. The molecule has 142 valence electrons. The van der Waals surface area contributed by atoms with Crippen LogP contribution in [0.4, 0.5) is 0 Å². The highest BCUT2D eigenvalue weighted by Gasteiger charge is 2.35. The normalized spacial score (nSPS) is 23.5. The molecule has 3 rings (SSSR count). The zero-order valence-corrected chi connectivity index (χ0v) is 16.5. The zero-order valence-electron chi connectivity index (χ0n) is 15.7. The van der Waals surface area contributed by atoms with Crippen molar-refractivity contribution in [3.8, 4) is 0 Å². The molecular weight excluding hydrogens is 348 g/mol. The molecule has 3 atom stereocenters. The van der Waals surface area contributed by atoms with Gasteiger partial charge in [0.1, 0.15) is 6.61 Å². The van der Waals surface area contributed by atoms with E-state index in [1.54, 1.807) is 11.8 Å². The van der Waals surface area contributed by atoms with Crippen molar-refractivity contribution in [1.82, 2.24) is 0 Å². The van der Waals surface area contributed by atoms with Crippen LogP contribution in [0.5, 0.6) is 0 Å². The standard InChI is InChI=1S/C21H28O4S/c1-3-24-10-11-25-21(23)14(2)15-8-9-18-19(12-15)26-13-16-6-4-5-7-17(16)20(18)22/h8-9,12,14,16-17H,3-7,10-11,13H2,1-2H3. The quantitative estimate of drug-likeness (QED) is 0.542. The third kappa shape index (κ3) is 4.32. The Kier molecular flexibility index (Phi) is 6.76. The highest BCUT2D eigenvalue weighted by molar-refractivity contribution is 7.99. The lowest BCUT2D eigenvalue weighted by Crippen LogP contribution is -2.27. The van der Waals surface area contributed by atoms with Crippen LogP contribution in [0.1, 0.15) is 61.4 Å². The Balaban J connectivity index is 1.71. The van der Waals surface area contributed by atoms with Gasteiger partial charge in [0.25, 0.3) is 0 Å². The molecule has 1 saturated carbocycles. The lowest BCUT2D eigenvalue weighted by Gasteiger charge is -2.28. The summed E-state index contributed by atoms with van der Waals surface area (Å²) < 4.78 is 10.5. The topological polar surface area (TPSA) is 52.6 Å². The number of ether oxygens (including phenoxy) is 2. The van der Waals surface area contributed by atoms with E-state index in [9.17, 15) is 9.59 Å². The summed E-state index contributed by atoms with van der Waals surface area (Å²) in [5.41, 5.74) is 1.75. The van der Waals surface area contributed by atoms with Crippen LogP contribution in [-0.2, 0) is 14.3 Å². The molecule has 0 spiro atoms. The number of ketones is 1. The fourth-order valence-corrected chi connectivity index (χ4v) is 5.22. The Labute approximate surface area is 160 Å². The maximum atomic E-state index is 13.0. The molecule has 0 amide bonds. The van der Waals surface area contributed by atoms with E-state index < -0.39 is 0 Å². The average molecular weight is 377 g/mol. The first-order valence-electron chi connectivity index (χ1n) is 9.67. The van der Waals surface area contributed by atoms with Crippen LogP contribution in [0, 0.1) is 11.8 Å². The summed E-state index contributed by atoms with van der Waals surface area (Å²) in [6, 6.07) is 5.85. The Morgan fingerprint density at radius 3 is 2.88 bits per heavy atom. The molecule has 1 heterocycles. The zero-order chi connectivity index (χ0) is 18.5. The highest BCUT2D eigenvalue weighted by Crippen LogP contribution is 2.42. The predicted octanol–water partition coefficient (Wildman–Crippen LogP) is 4.46. The fraction of sp³-hybridized carbons (Fsp3) is 0.619. The second kappa shape index (κ2) is 9.05. The largest absolute Gasteiger partial charge is 0.463 e. The van der Waals surface area contributed by atoms with Crippen LogP contribution in [-0.4, -0.2) is 37.3 Å². The number of rotatable bonds is 6. The van der Waals surface area contributed by atoms with E-state index in [-0.39, 0.29) is 24.4 Å². The molecule has 4 nitrogen and oxygen atoms in total. The third-order valence-electron chi connectivity index (χ3n) is 5.50. The molecule has 1 aliphatic heterocycles. The molecule has 0 N–H and O–H groups in total. The number of Topliss-reactive ketones (excluding diaryl/α,β-unsaturated/α-hetero) is 1. The molecule has 0 radical (unpaired) electrons. The van der Waals surface area contributed by atoms with Gasteiger partial charge in [0.2, 0.25) is 0 Å². The van der Waals surface area contributed by atoms with Crippen molar-refractivity contribution in [1.29, 1.82) is 0 Å². The van der Waals surface area contributed by atoms with Crippen molar-refractivity contribution < 1.29 is 19.1 Å². The maximum absolute atomic E-state index is 13.0. The van der Waals surface area contributed by atoms with Crippen LogP contribution in [0.2, 0.25) is 0 Å². The first-order chi connectivity index (χ1) is 12.6. The summed E-state index contributed by atoms with van der Waals surface area (Å²) in [6.07, 6.45) is 4.58. The van der Waals surface area contributed by atoms with Crippen LogP contribution < -0.4 is 0 Å². The summed E-state index contributed by atoms with van der Waals surface area (Å²) in [5, 5.41) is 0. The van der Waals surface area contributed by atoms with Gasteiger partial charge in [-0.25, -0.2) is 0 Å². The molecule has 2 aliphatic rings. The van der Waals surface area contributed by atoms with Gasteiger partial charge >= 0.3 is 5.97 Å². The van der Waals surface area contributed by atoms with Crippen LogP contribution in [0.3, 0.4) is 0 Å². The summed E-state index contributed by atoms with van der Waals surface area (Å²) in [6.45, 7) is 5.08. The number of thioether (sulfide) groups is 1. The van der Waals surface area contributed by atoms with Crippen LogP contribution in [0.25, 0.3) is 0 Å². The molecule has 3 unspecified atom stereocenters. The molecule has 0 bridgehead atoms. The van der Waals surface area contributed by atoms with Gasteiger partial charge in [-0.1, -0.05) is 18.9 Å². The smallest absolute Gasteiger partial charge is 0.313 e. The van der Waals surface area contributed by atoms with E-state index in [1.165, 1.54) is 6.42 Å². The molecular formula is C21H28O4S. The Bertz CT molecular complexity index is 657. The van der Waals surface area contributed by atoms with Gasteiger partial charge in [0.05, 0.1) is 12.5 Å². The number of esters is 1. The SMILES string of the molecule is CCOCCOC(=O)C(C)c1ccc2c(c1)SCC1CCCCC1C2=O. The molecule has 5 heteroatoms. The van der Waals surface area contributed by atoms with E-state index in [1.807, 2.05) is 32.0 Å². The molecule has 26 heavy (non-hydrogen) atoms. The minimum atomic E-state index is -0.344. The fourth-order valence-electron chi connectivity index (χ4n) is 3.89. The number of hydrogen-bond acceptors (Lipinski definition) is 5. The highest BCUT2D eigenvalue weighted by atomic mass is 32.2. The molecule has 1 fully saturated rings. The second-order valence-corrected chi connectivity index (χ2v) is 8.23. The van der Waals surface area contributed by atoms with E-state index in [4.69, 9.17) is 9.47 Å². The predicted molar refractivity (Wildman–Crippen MR) is 103 cm³/mol. The Morgan fingerprint density at radius 1 is 1.27 bits per heavy atom. The van der Waals surface area contributed by atoms with Gasteiger partial charge in [0.15, 0.2) is 5.78 Å². The van der Waals surface area contributed by atoms with Gasteiger partial charge in [-0.05, 0) is 50.3 Å². The minimum Gasteiger partial charge on any atom is -0.463 e. The number of carbonyl (C=O) groups is 2. The van der Waals surface area contributed by atoms with Gasteiger partial charge in [-0.15, -0.1) is 11.8 Å². The minimum absolute atomic E-state index is 0.185. The number of carbonyl (C=O) groups excluding carboxylic acids is 2. The van der Waals surface area contributed by atoms with Crippen LogP contribution >= 0.6 is 11.8 Å². The number of benzene rings is 1. The van der Waals surface area contributed by atoms with Crippen molar-refractivity contribution in [2.24, 2.45) is 11.8 Å². The second-order valence-electron chi connectivity index (χ2n) is 7.17. The Hall–Kier alpha value is -1.33. The van der Waals surface area contributed by atoms with Crippen LogP contribution in [0.15, 0.2) is 23.1 Å². The Morgan fingerprint density at radius 2 is 2.08 bits per heavy atom. The summed E-state index contributed by atoms with van der Waals surface area (Å²) in [7, 11) is 0. The van der Waals surface area contributed by atoms with E-state index in [0.29, 0.717) is 24.9 Å². The van der Waals surface area contributed by atoms with Gasteiger partial charge in [0, 0.05) is 28.7 Å². The number of hydrogen-bond donors (Lipinski definition) is 0. The summed E-state index contributed by atoms with van der Waals surface area (Å²) in [5.74, 6) is 1.39. The summed E-state index contributed by atoms with van der Waals surface area (Å²) in [4.78, 5) is 26.3. The number of fused-ring (bicyclic) bond motifs is 2. The van der Waals surface area contributed by atoms with Crippen molar-refractivity contribution in [2.45, 2.75) is 50.3 Å². The summed E-state index contributed by atoms with van der Waals surface area (Å²) >= 11 is 1.77. The van der Waals surface area contributed by atoms with E-state index in [2.05, 4.69) is 0 Å². The van der Waals surface area contributed by atoms with E-state index >= 15 is 0 Å². The van der Waals surface area contributed by atoms with Crippen molar-refractivity contribution in [3.63, 3.8) is 0 Å². The molecule has 1 aliphatic carbocycles. The first-order valence-corrected chi connectivity index (χ1v) is 10.7. The first kappa shape index (κ1) is 19.4. The van der Waals surface area contributed by atoms with Gasteiger partial charge < -0.3 is 9.47 Å². The van der Waals surface area contributed by atoms with E-state index in [0.717, 1.165) is 41.0 Å². The van der Waals surface area contributed by atoms with Gasteiger partial charge in [-0.3, -0.25) is 9.59 Å². The third-order valence-corrected chi connectivity index (χ3v) is 6.74.